The zero-order chi connectivity index (χ0) is 12.5. The van der Waals surface area contributed by atoms with Crippen molar-refractivity contribution in [2.75, 3.05) is 19.6 Å². The van der Waals surface area contributed by atoms with E-state index in [1.807, 2.05) is 6.92 Å². The highest BCUT2D eigenvalue weighted by molar-refractivity contribution is 7.89. The summed E-state index contributed by atoms with van der Waals surface area (Å²) in [4.78, 5) is 3.94. The fourth-order valence-corrected chi connectivity index (χ4v) is 3.52. The quantitative estimate of drug-likeness (QED) is 0.794. The van der Waals surface area contributed by atoms with Gasteiger partial charge in [0.15, 0.2) is 5.03 Å². The van der Waals surface area contributed by atoms with Crippen LogP contribution < -0.4 is 5.32 Å². The first-order valence-electron chi connectivity index (χ1n) is 5.76. The number of hydrogen-bond donors (Lipinski definition) is 1. The maximum absolute atomic E-state index is 12.4. The van der Waals surface area contributed by atoms with E-state index in [9.17, 15) is 8.42 Å². The fourth-order valence-electron chi connectivity index (χ4n) is 1.84. The fraction of sp³-hybridized carbons (Fsp3) is 0.700. The molecule has 1 aliphatic heterocycles. The first-order chi connectivity index (χ1) is 8.05. The Balaban J connectivity index is 2.27. The van der Waals surface area contributed by atoms with Crippen molar-refractivity contribution in [3.63, 3.8) is 0 Å². The maximum atomic E-state index is 12.4. The zero-order valence-electron chi connectivity index (χ0n) is 10.1. The highest BCUT2D eigenvalue weighted by Gasteiger charge is 2.35. The summed E-state index contributed by atoms with van der Waals surface area (Å²) in [6.45, 7) is 3.98. The molecule has 0 spiro atoms. The molecule has 1 aliphatic rings. The van der Waals surface area contributed by atoms with E-state index in [1.54, 1.807) is 22.1 Å². The van der Waals surface area contributed by atoms with Crippen molar-refractivity contribution < 1.29 is 8.42 Å². The second kappa shape index (κ2) is 4.75. The van der Waals surface area contributed by atoms with Crippen LogP contribution in [-0.4, -0.2) is 48.0 Å². The van der Waals surface area contributed by atoms with Crippen LogP contribution in [0, 0.1) is 0 Å². The van der Waals surface area contributed by atoms with Gasteiger partial charge in [0.25, 0.3) is 10.0 Å². The van der Waals surface area contributed by atoms with Crippen molar-refractivity contribution in [1.82, 2.24) is 19.2 Å². The van der Waals surface area contributed by atoms with Crippen LogP contribution in [0.4, 0.5) is 0 Å². The first-order valence-corrected chi connectivity index (χ1v) is 7.20. The number of aryl methyl sites for hydroxylation is 1. The van der Waals surface area contributed by atoms with Gasteiger partial charge in [-0.2, -0.15) is 4.31 Å². The van der Waals surface area contributed by atoms with Crippen LogP contribution in [0.25, 0.3) is 0 Å². The van der Waals surface area contributed by atoms with Crippen LogP contribution in [0.2, 0.25) is 0 Å². The van der Waals surface area contributed by atoms with E-state index in [2.05, 4.69) is 10.3 Å². The molecule has 0 unspecified atom stereocenters. The third-order valence-electron chi connectivity index (χ3n) is 2.87. The lowest BCUT2D eigenvalue weighted by atomic mass is 10.2. The minimum absolute atomic E-state index is 0.0713. The topological polar surface area (TPSA) is 67.2 Å². The average molecular weight is 258 g/mol. The molecule has 1 N–H and O–H groups in total. The Kier molecular flexibility index (Phi) is 3.50. The van der Waals surface area contributed by atoms with Crippen LogP contribution in [-0.2, 0) is 17.1 Å². The van der Waals surface area contributed by atoms with E-state index < -0.39 is 10.0 Å². The number of sulfonamides is 1. The smallest absolute Gasteiger partial charge is 0.262 e. The summed E-state index contributed by atoms with van der Waals surface area (Å²) in [5, 5.41) is 3.24. The summed E-state index contributed by atoms with van der Waals surface area (Å²) in [6, 6.07) is 0.0713. The van der Waals surface area contributed by atoms with Crippen LogP contribution in [0.3, 0.4) is 0 Å². The number of aromatic nitrogens is 2. The third-order valence-corrected chi connectivity index (χ3v) is 4.70. The second-order valence-electron chi connectivity index (χ2n) is 4.31. The number of nitrogens with zero attached hydrogens (tertiary/aromatic N) is 3. The normalized spacial score (nSPS) is 17.4. The summed E-state index contributed by atoms with van der Waals surface area (Å²) >= 11 is 0. The molecule has 0 atom stereocenters. The zero-order valence-corrected chi connectivity index (χ0v) is 10.9. The van der Waals surface area contributed by atoms with Crippen molar-refractivity contribution in [2.45, 2.75) is 24.4 Å². The lowest BCUT2D eigenvalue weighted by molar-refractivity contribution is 0.241. The average Bonchev–Trinajstić information content (AvgIpc) is 2.62. The summed E-state index contributed by atoms with van der Waals surface area (Å²) in [5.74, 6) is 0. The molecule has 0 radical (unpaired) electrons. The van der Waals surface area contributed by atoms with E-state index >= 15 is 0 Å². The molecule has 0 aromatic carbocycles. The summed E-state index contributed by atoms with van der Waals surface area (Å²) in [7, 11) is -1.68. The van der Waals surface area contributed by atoms with E-state index in [4.69, 9.17) is 0 Å². The molecule has 1 aromatic heterocycles. The molecule has 96 valence electrons. The van der Waals surface area contributed by atoms with E-state index in [1.165, 1.54) is 6.33 Å². The monoisotopic (exact) mass is 258 g/mol. The van der Waals surface area contributed by atoms with Gasteiger partial charge in [0, 0.05) is 32.9 Å². The van der Waals surface area contributed by atoms with Crippen molar-refractivity contribution in [3.05, 3.63) is 12.5 Å². The van der Waals surface area contributed by atoms with Crippen molar-refractivity contribution in [3.8, 4) is 0 Å². The van der Waals surface area contributed by atoms with E-state index in [0.717, 1.165) is 19.5 Å². The summed E-state index contributed by atoms with van der Waals surface area (Å²) in [5.41, 5.74) is 0. The number of rotatable bonds is 5. The molecule has 1 aromatic rings. The van der Waals surface area contributed by atoms with Gasteiger partial charge < -0.3 is 9.88 Å². The lowest BCUT2D eigenvalue weighted by Gasteiger charge is -2.36. The molecule has 1 saturated heterocycles. The highest BCUT2D eigenvalue weighted by Crippen LogP contribution is 2.18. The van der Waals surface area contributed by atoms with E-state index in [-0.39, 0.29) is 11.1 Å². The molecule has 6 nitrogen and oxygen atoms in total. The highest BCUT2D eigenvalue weighted by atomic mass is 32.2. The van der Waals surface area contributed by atoms with Gasteiger partial charge in [-0.15, -0.1) is 0 Å². The van der Waals surface area contributed by atoms with Crippen LogP contribution >= 0.6 is 0 Å². The molecule has 2 heterocycles. The van der Waals surface area contributed by atoms with Gasteiger partial charge in [-0.25, -0.2) is 13.4 Å². The molecule has 0 amide bonds. The number of nitrogens with one attached hydrogen (secondary N) is 1. The van der Waals surface area contributed by atoms with Gasteiger partial charge in [0.1, 0.15) is 0 Å². The summed E-state index contributed by atoms with van der Waals surface area (Å²) in [6.07, 6.45) is 3.86. The molecule has 0 bridgehead atoms. The van der Waals surface area contributed by atoms with Gasteiger partial charge in [-0.05, 0) is 6.42 Å². The Labute approximate surface area is 102 Å². The minimum Gasteiger partial charge on any atom is -0.339 e. The van der Waals surface area contributed by atoms with Crippen LogP contribution in [0.15, 0.2) is 17.6 Å². The Morgan fingerprint density at radius 1 is 1.59 bits per heavy atom. The third kappa shape index (κ3) is 2.36. The number of imidazole rings is 1. The maximum Gasteiger partial charge on any atom is 0.262 e. The Morgan fingerprint density at radius 2 is 2.29 bits per heavy atom. The molecule has 0 saturated carbocycles. The van der Waals surface area contributed by atoms with Gasteiger partial charge in [0.2, 0.25) is 0 Å². The minimum atomic E-state index is -3.44. The SMILES string of the molecule is CCCN(C1CNC1)S(=O)(=O)c1cn(C)cn1. The second-order valence-corrected chi connectivity index (χ2v) is 6.14. The van der Waals surface area contributed by atoms with Gasteiger partial charge >= 0.3 is 0 Å². The summed E-state index contributed by atoms with van der Waals surface area (Å²) < 4.78 is 28.0. The largest absolute Gasteiger partial charge is 0.339 e. The van der Waals surface area contributed by atoms with Crippen LogP contribution in [0.1, 0.15) is 13.3 Å². The van der Waals surface area contributed by atoms with E-state index in [0.29, 0.717) is 6.54 Å². The molecular weight excluding hydrogens is 240 g/mol. The van der Waals surface area contributed by atoms with Crippen molar-refractivity contribution in [2.24, 2.45) is 7.05 Å². The van der Waals surface area contributed by atoms with Gasteiger partial charge in [-0.3, -0.25) is 0 Å². The van der Waals surface area contributed by atoms with Crippen molar-refractivity contribution in [1.29, 1.82) is 0 Å². The van der Waals surface area contributed by atoms with Crippen molar-refractivity contribution >= 4 is 10.0 Å². The molecule has 0 aliphatic carbocycles. The molecule has 2 rings (SSSR count). The standard InChI is InChI=1S/C10H18N4O2S/c1-3-4-14(9-5-11-6-9)17(15,16)10-7-13(2)8-12-10/h7-9,11H,3-6H2,1-2H3. The Morgan fingerprint density at radius 3 is 2.71 bits per heavy atom. The molecular formula is C10H18N4O2S. The molecule has 7 heteroatoms. The lowest BCUT2D eigenvalue weighted by Crippen LogP contribution is -2.58. The Bertz CT molecular complexity index is 478. The molecule has 1 fully saturated rings. The predicted octanol–water partition coefficient (Wildman–Crippen LogP) is -0.207. The van der Waals surface area contributed by atoms with Gasteiger partial charge in [-0.1, -0.05) is 6.92 Å². The van der Waals surface area contributed by atoms with Gasteiger partial charge in [0.05, 0.1) is 12.4 Å². The van der Waals surface area contributed by atoms with Crippen LogP contribution in [0.5, 0.6) is 0 Å². The molecule has 17 heavy (non-hydrogen) atoms. The predicted molar refractivity (Wildman–Crippen MR) is 64.0 cm³/mol. The number of hydrogen-bond acceptors (Lipinski definition) is 4. The Hall–Kier alpha value is -0.920. The first kappa shape index (κ1) is 12.5.